The fourth-order valence-corrected chi connectivity index (χ4v) is 1.80. The number of oxazole rings is 1. The third-order valence-electron chi connectivity index (χ3n) is 2.43. The highest BCUT2D eigenvalue weighted by atomic mass is 16.4. The molecule has 90 valence electrons. The van der Waals surface area contributed by atoms with Crippen molar-refractivity contribution in [1.82, 2.24) is 4.98 Å². The van der Waals surface area contributed by atoms with Crippen molar-refractivity contribution in [3.05, 3.63) is 41.3 Å². The van der Waals surface area contributed by atoms with Gasteiger partial charge in [0.05, 0.1) is 5.69 Å². The number of nitrogens with zero attached hydrogens (tertiary/aromatic N) is 1. The molecule has 1 heterocycles. The van der Waals surface area contributed by atoms with Gasteiger partial charge in [0.1, 0.15) is 6.26 Å². The van der Waals surface area contributed by atoms with Crippen molar-refractivity contribution < 1.29 is 4.42 Å². The molecule has 0 bridgehead atoms. The number of rotatable bonds is 4. The van der Waals surface area contributed by atoms with Gasteiger partial charge in [0, 0.05) is 12.1 Å². The topological polar surface area (TPSA) is 64.1 Å². The molecule has 3 N–H and O–H groups in total. The lowest BCUT2D eigenvalue weighted by atomic mass is 10.1. The second kappa shape index (κ2) is 5.01. The Morgan fingerprint density at radius 3 is 2.59 bits per heavy atom. The molecule has 0 fully saturated rings. The van der Waals surface area contributed by atoms with Crippen LogP contribution in [0.5, 0.6) is 0 Å². The van der Waals surface area contributed by atoms with E-state index in [4.69, 9.17) is 10.2 Å². The summed E-state index contributed by atoms with van der Waals surface area (Å²) in [4.78, 5) is 4.30. The van der Waals surface area contributed by atoms with E-state index in [1.54, 1.807) is 6.26 Å². The summed E-state index contributed by atoms with van der Waals surface area (Å²) in [6, 6.07) is 6.75. The Labute approximate surface area is 101 Å². The highest BCUT2D eigenvalue weighted by molar-refractivity contribution is 5.55. The normalized spacial score (nSPS) is 10.5. The lowest BCUT2D eigenvalue weighted by Gasteiger charge is -2.04. The largest absolute Gasteiger partial charge is 0.432 e. The monoisotopic (exact) mass is 231 g/mol. The van der Waals surface area contributed by atoms with Crippen LogP contribution in [0.3, 0.4) is 0 Å². The summed E-state index contributed by atoms with van der Waals surface area (Å²) in [5, 5.41) is 3.15. The Morgan fingerprint density at radius 2 is 1.94 bits per heavy atom. The van der Waals surface area contributed by atoms with Crippen LogP contribution in [-0.2, 0) is 6.42 Å². The van der Waals surface area contributed by atoms with E-state index in [-0.39, 0.29) is 0 Å². The van der Waals surface area contributed by atoms with Crippen molar-refractivity contribution in [3.8, 4) is 0 Å². The first-order valence-corrected chi connectivity index (χ1v) is 5.67. The molecule has 17 heavy (non-hydrogen) atoms. The third kappa shape index (κ3) is 3.07. The van der Waals surface area contributed by atoms with Gasteiger partial charge in [-0.25, -0.2) is 0 Å². The summed E-state index contributed by atoms with van der Waals surface area (Å²) < 4.78 is 5.32. The van der Waals surface area contributed by atoms with Crippen LogP contribution in [0.25, 0.3) is 0 Å². The minimum absolute atomic E-state index is 0.512. The van der Waals surface area contributed by atoms with Crippen LogP contribution >= 0.6 is 0 Å². The number of aryl methyl sites for hydroxylation is 2. The fraction of sp³-hybridized carbons (Fsp3) is 0.308. The second-order valence-corrected chi connectivity index (χ2v) is 4.18. The standard InChI is InChI=1S/C13H17N3O/c1-9-5-10(2)7-12(6-9)16-13-15-11(3-4-14)8-17-13/h5-8H,3-4,14H2,1-2H3,(H,15,16). The summed E-state index contributed by atoms with van der Waals surface area (Å²) in [7, 11) is 0. The van der Waals surface area contributed by atoms with Crippen LogP contribution < -0.4 is 11.1 Å². The van der Waals surface area contributed by atoms with E-state index in [0.717, 1.165) is 17.8 Å². The quantitative estimate of drug-likeness (QED) is 0.848. The molecule has 0 saturated carbocycles. The molecule has 0 radical (unpaired) electrons. The number of nitrogens with two attached hydrogens (primary N) is 1. The molecule has 1 aromatic heterocycles. The molecule has 0 spiro atoms. The second-order valence-electron chi connectivity index (χ2n) is 4.18. The first kappa shape index (κ1) is 11.7. The van der Waals surface area contributed by atoms with Crippen molar-refractivity contribution in [3.63, 3.8) is 0 Å². The van der Waals surface area contributed by atoms with E-state index in [9.17, 15) is 0 Å². The van der Waals surface area contributed by atoms with Gasteiger partial charge in [-0.1, -0.05) is 6.07 Å². The lowest BCUT2D eigenvalue weighted by Crippen LogP contribution is -2.02. The van der Waals surface area contributed by atoms with Crippen molar-refractivity contribution in [2.45, 2.75) is 20.3 Å². The van der Waals surface area contributed by atoms with E-state index < -0.39 is 0 Å². The van der Waals surface area contributed by atoms with E-state index in [2.05, 4.69) is 42.3 Å². The average Bonchev–Trinajstić information content (AvgIpc) is 2.64. The summed E-state index contributed by atoms with van der Waals surface area (Å²) in [6.45, 7) is 4.71. The Hall–Kier alpha value is -1.81. The minimum Gasteiger partial charge on any atom is -0.432 e. The molecule has 0 atom stereocenters. The molecule has 0 aliphatic heterocycles. The maximum atomic E-state index is 5.46. The van der Waals surface area contributed by atoms with Gasteiger partial charge >= 0.3 is 0 Å². The number of anilines is 2. The van der Waals surface area contributed by atoms with Crippen LogP contribution in [0.4, 0.5) is 11.7 Å². The zero-order chi connectivity index (χ0) is 12.3. The number of benzene rings is 1. The molecule has 1 aromatic carbocycles. The molecule has 2 rings (SSSR count). The average molecular weight is 231 g/mol. The van der Waals surface area contributed by atoms with Gasteiger partial charge < -0.3 is 15.5 Å². The highest BCUT2D eigenvalue weighted by Crippen LogP contribution is 2.19. The van der Waals surface area contributed by atoms with Crippen molar-refractivity contribution >= 4 is 11.7 Å². The van der Waals surface area contributed by atoms with Crippen molar-refractivity contribution in [1.29, 1.82) is 0 Å². The first-order chi connectivity index (χ1) is 8.17. The van der Waals surface area contributed by atoms with E-state index in [0.29, 0.717) is 12.6 Å². The smallest absolute Gasteiger partial charge is 0.299 e. The molecule has 4 heteroatoms. The highest BCUT2D eigenvalue weighted by Gasteiger charge is 2.04. The van der Waals surface area contributed by atoms with Gasteiger partial charge in [-0.3, -0.25) is 0 Å². The Bertz CT molecular complexity index is 485. The van der Waals surface area contributed by atoms with Crippen LogP contribution in [0.1, 0.15) is 16.8 Å². The van der Waals surface area contributed by atoms with E-state index in [1.165, 1.54) is 11.1 Å². The Balaban J connectivity index is 2.13. The van der Waals surface area contributed by atoms with Gasteiger partial charge in [0.25, 0.3) is 6.01 Å². The van der Waals surface area contributed by atoms with Crippen LogP contribution in [0, 0.1) is 13.8 Å². The van der Waals surface area contributed by atoms with Crippen LogP contribution in [0.15, 0.2) is 28.9 Å². The molecule has 0 amide bonds. The number of aromatic nitrogens is 1. The molecular weight excluding hydrogens is 214 g/mol. The zero-order valence-electron chi connectivity index (χ0n) is 10.2. The van der Waals surface area contributed by atoms with Gasteiger partial charge in [0.2, 0.25) is 0 Å². The maximum absolute atomic E-state index is 5.46. The van der Waals surface area contributed by atoms with Crippen molar-refractivity contribution in [2.24, 2.45) is 5.73 Å². The summed E-state index contributed by atoms with van der Waals surface area (Å²) in [5.74, 6) is 0. The van der Waals surface area contributed by atoms with Gasteiger partial charge in [0.15, 0.2) is 0 Å². The van der Waals surface area contributed by atoms with Gasteiger partial charge in [-0.05, 0) is 43.7 Å². The van der Waals surface area contributed by atoms with E-state index in [1.807, 2.05) is 0 Å². The van der Waals surface area contributed by atoms with Gasteiger partial charge in [-0.15, -0.1) is 0 Å². The van der Waals surface area contributed by atoms with Crippen LogP contribution in [0.2, 0.25) is 0 Å². The summed E-state index contributed by atoms with van der Waals surface area (Å²) >= 11 is 0. The lowest BCUT2D eigenvalue weighted by molar-refractivity contribution is 0.575. The van der Waals surface area contributed by atoms with E-state index >= 15 is 0 Å². The van der Waals surface area contributed by atoms with Crippen molar-refractivity contribution in [2.75, 3.05) is 11.9 Å². The predicted molar refractivity (Wildman–Crippen MR) is 68.5 cm³/mol. The SMILES string of the molecule is Cc1cc(C)cc(Nc2nc(CCN)co2)c1. The predicted octanol–water partition coefficient (Wildman–Crippen LogP) is 2.54. The Kier molecular flexibility index (Phi) is 3.44. The number of hydrogen-bond donors (Lipinski definition) is 2. The van der Waals surface area contributed by atoms with Gasteiger partial charge in [-0.2, -0.15) is 4.98 Å². The Morgan fingerprint density at radius 1 is 1.24 bits per heavy atom. The minimum atomic E-state index is 0.512. The summed E-state index contributed by atoms with van der Waals surface area (Å²) in [6.07, 6.45) is 2.37. The number of hydrogen-bond acceptors (Lipinski definition) is 4. The molecule has 4 nitrogen and oxygen atoms in total. The summed E-state index contributed by atoms with van der Waals surface area (Å²) in [5.41, 5.74) is 9.74. The van der Waals surface area contributed by atoms with Crippen LogP contribution in [-0.4, -0.2) is 11.5 Å². The molecular formula is C13H17N3O. The molecule has 0 saturated heterocycles. The number of nitrogens with one attached hydrogen (secondary N) is 1. The third-order valence-corrected chi connectivity index (χ3v) is 2.43. The first-order valence-electron chi connectivity index (χ1n) is 5.67. The zero-order valence-corrected chi connectivity index (χ0v) is 10.2. The maximum Gasteiger partial charge on any atom is 0.299 e. The molecule has 2 aromatic rings. The molecule has 0 aliphatic rings. The molecule has 0 unspecified atom stereocenters. The fourth-order valence-electron chi connectivity index (χ4n) is 1.80. The molecule has 0 aliphatic carbocycles.